The quantitative estimate of drug-likeness (QED) is 0.852. The fourth-order valence-corrected chi connectivity index (χ4v) is 4.14. The highest BCUT2D eigenvalue weighted by molar-refractivity contribution is 7.90. The number of nitrogens with one attached hydrogen (secondary N) is 1. The number of aromatic nitrogens is 2. The average Bonchev–Trinajstić information content (AvgIpc) is 2.69. The van der Waals surface area contributed by atoms with Crippen LogP contribution in [0.3, 0.4) is 0 Å². The molecule has 0 amide bonds. The highest BCUT2D eigenvalue weighted by atomic mass is 35.5. The first-order chi connectivity index (χ1) is 9.28. The van der Waals surface area contributed by atoms with Crippen LogP contribution in [0.25, 0.3) is 10.2 Å². The first-order valence-corrected chi connectivity index (χ1v) is 9.44. The van der Waals surface area contributed by atoms with Gasteiger partial charge in [-0.05, 0) is 31.0 Å². The van der Waals surface area contributed by atoms with E-state index in [-0.39, 0.29) is 17.1 Å². The summed E-state index contributed by atoms with van der Waals surface area (Å²) < 4.78 is 22.6. The summed E-state index contributed by atoms with van der Waals surface area (Å²) in [5.74, 6) is 0.632. The summed E-state index contributed by atoms with van der Waals surface area (Å²) >= 11 is 7.49. The number of nitrogens with zero attached hydrogens (tertiary/aromatic N) is 2. The molecule has 0 aliphatic heterocycles. The Kier molecular flexibility index (Phi) is 4.51. The van der Waals surface area contributed by atoms with E-state index in [0.29, 0.717) is 5.82 Å². The number of hydrogen-bond donors (Lipinski definition) is 1. The molecule has 0 spiro atoms. The van der Waals surface area contributed by atoms with Crippen molar-refractivity contribution in [3.05, 3.63) is 16.2 Å². The maximum Gasteiger partial charge on any atom is 0.225 e. The van der Waals surface area contributed by atoms with Crippen LogP contribution in [0.2, 0.25) is 5.28 Å². The van der Waals surface area contributed by atoms with Gasteiger partial charge in [0.15, 0.2) is 0 Å². The number of halogens is 1. The molecule has 1 atom stereocenters. The fourth-order valence-electron chi connectivity index (χ4n) is 1.96. The predicted octanol–water partition coefficient (Wildman–Crippen LogP) is 2.75. The summed E-state index contributed by atoms with van der Waals surface area (Å²) in [7, 11) is -3.04. The highest BCUT2D eigenvalue weighted by Gasteiger charge is 2.15. The Bertz CT molecular complexity index is 728. The molecular weight excluding hydrogens is 318 g/mol. The van der Waals surface area contributed by atoms with Crippen LogP contribution in [0.1, 0.15) is 18.7 Å². The van der Waals surface area contributed by atoms with E-state index in [1.807, 2.05) is 6.07 Å². The number of aryl methyl sites for hydroxylation is 1. The van der Waals surface area contributed by atoms with Crippen molar-refractivity contribution >= 4 is 48.8 Å². The van der Waals surface area contributed by atoms with Crippen LogP contribution in [-0.4, -0.2) is 36.4 Å². The minimum Gasteiger partial charge on any atom is -0.366 e. The van der Waals surface area contributed by atoms with Crippen molar-refractivity contribution in [2.45, 2.75) is 26.3 Å². The van der Waals surface area contributed by atoms with E-state index in [1.54, 1.807) is 18.3 Å². The molecule has 2 aromatic heterocycles. The molecule has 2 heterocycles. The Hall–Kier alpha value is -0.920. The van der Waals surface area contributed by atoms with Gasteiger partial charge in [-0.15, -0.1) is 11.3 Å². The van der Waals surface area contributed by atoms with Crippen molar-refractivity contribution in [2.24, 2.45) is 0 Å². The number of rotatable bonds is 5. The Balaban J connectivity index is 2.35. The van der Waals surface area contributed by atoms with Gasteiger partial charge >= 0.3 is 0 Å². The summed E-state index contributed by atoms with van der Waals surface area (Å²) in [4.78, 5) is 10.4. The third kappa shape index (κ3) is 3.80. The van der Waals surface area contributed by atoms with Crippen LogP contribution in [0.15, 0.2) is 6.07 Å². The normalized spacial score (nSPS) is 13.6. The molecule has 0 radical (unpaired) electrons. The number of hydrogen-bond acceptors (Lipinski definition) is 6. The lowest BCUT2D eigenvalue weighted by atomic mass is 10.3. The van der Waals surface area contributed by atoms with Crippen molar-refractivity contribution in [2.75, 3.05) is 17.3 Å². The molecule has 0 saturated heterocycles. The van der Waals surface area contributed by atoms with E-state index in [2.05, 4.69) is 22.2 Å². The maximum absolute atomic E-state index is 11.3. The van der Waals surface area contributed by atoms with Crippen molar-refractivity contribution in [1.82, 2.24) is 9.97 Å². The van der Waals surface area contributed by atoms with E-state index in [9.17, 15) is 8.42 Å². The molecule has 0 aromatic carbocycles. The van der Waals surface area contributed by atoms with Crippen molar-refractivity contribution in [3.8, 4) is 0 Å². The van der Waals surface area contributed by atoms with E-state index < -0.39 is 9.84 Å². The van der Waals surface area contributed by atoms with Gasteiger partial charge in [0.25, 0.3) is 0 Å². The van der Waals surface area contributed by atoms with Gasteiger partial charge in [0, 0.05) is 17.2 Å². The van der Waals surface area contributed by atoms with E-state index in [0.717, 1.165) is 16.6 Å². The Morgan fingerprint density at radius 3 is 2.75 bits per heavy atom. The van der Waals surface area contributed by atoms with Crippen LogP contribution in [0.5, 0.6) is 0 Å². The second-order valence-corrected chi connectivity index (χ2v) is 8.40. The van der Waals surface area contributed by atoms with Gasteiger partial charge in [-0.1, -0.05) is 6.92 Å². The zero-order valence-electron chi connectivity index (χ0n) is 11.5. The summed E-state index contributed by atoms with van der Waals surface area (Å²) in [6, 6.07) is 1.77. The summed E-state index contributed by atoms with van der Waals surface area (Å²) in [5, 5.41) is 4.16. The van der Waals surface area contributed by atoms with E-state index >= 15 is 0 Å². The van der Waals surface area contributed by atoms with Crippen LogP contribution in [0, 0.1) is 0 Å². The number of sulfone groups is 1. The molecule has 0 fully saturated rings. The SMILES string of the molecule is CCc1cc2c(NC(C)CS(C)(=O)=O)nc(Cl)nc2s1. The average molecular weight is 334 g/mol. The Morgan fingerprint density at radius 2 is 2.15 bits per heavy atom. The molecule has 2 aromatic rings. The molecule has 0 aliphatic rings. The molecule has 0 aliphatic carbocycles. The summed E-state index contributed by atoms with van der Waals surface area (Å²) in [5.41, 5.74) is 0. The van der Waals surface area contributed by atoms with Gasteiger partial charge in [-0.25, -0.2) is 18.4 Å². The fraction of sp³-hybridized carbons (Fsp3) is 0.500. The van der Waals surface area contributed by atoms with Gasteiger partial charge in [-0.3, -0.25) is 0 Å². The molecule has 5 nitrogen and oxygen atoms in total. The van der Waals surface area contributed by atoms with Crippen LogP contribution >= 0.6 is 22.9 Å². The summed E-state index contributed by atoms with van der Waals surface area (Å²) in [6.07, 6.45) is 2.13. The second-order valence-electron chi connectivity index (χ2n) is 4.76. The van der Waals surface area contributed by atoms with Crippen molar-refractivity contribution in [1.29, 1.82) is 0 Å². The Labute approximate surface area is 127 Å². The monoisotopic (exact) mass is 333 g/mol. The third-order valence-corrected chi connectivity index (χ3v) is 5.15. The smallest absolute Gasteiger partial charge is 0.225 e. The number of anilines is 1. The topological polar surface area (TPSA) is 72.0 Å². The van der Waals surface area contributed by atoms with Gasteiger partial charge < -0.3 is 5.32 Å². The van der Waals surface area contributed by atoms with Gasteiger partial charge in [0.05, 0.1) is 11.1 Å². The molecule has 1 N–H and O–H groups in total. The van der Waals surface area contributed by atoms with Crippen LogP contribution in [-0.2, 0) is 16.3 Å². The van der Waals surface area contributed by atoms with Crippen LogP contribution < -0.4 is 5.32 Å². The van der Waals surface area contributed by atoms with Gasteiger partial charge in [0.1, 0.15) is 20.5 Å². The molecule has 20 heavy (non-hydrogen) atoms. The van der Waals surface area contributed by atoms with E-state index in [4.69, 9.17) is 11.6 Å². The predicted molar refractivity (Wildman–Crippen MR) is 84.6 cm³/mol. The van der Waals surface area contributed by atoms with Gasteiger partial charge in [-0.2, -0.15) is 0 Å². The maximum atomic E-state index is 11.3. The molecule has 110 valence electrons. The number of fused-ring (bicyclic) bond motifs is 1. The van der Waals surface area contributed by atoms with Crippen molar-refractivity contribution < 1.29 is 8.42 Å². The lowest BCUT2D eigenvalue weighted by Gasteiger charge is -2.14. The first-order valence-electron chi connectivity index (χ1n) is 6.18. The largest absolute Gasteiger partial charge is 0.366 e. The van der Waals surface area contributed by atoms with Gasteiger partial charge in [0.2, 0.25) is 5.28 Å². The lowest BCUT2D eigenvalue weighted by Crippen LogP contribution is -2.25. The summed E-state index contributed by atoms with van der Waals surface area (Å²) in [6.45, 7) is 3.87. The second kappa shape index (κ2) is 5.83. The highest BCUT2D eigenvalue weighted by Crippen LogP contribution is 2.30. The third-order valence-electron chi connectivity index (χ3n) is 2.70. The van der Waals surface area contributed by atoms with Crippen molar-refractivity contribution in [3.63, 3.8) is 0 Å². The molecule has 8 heteroatoms. The molecule has 0 bridgehead atoms. The Morgan fingerprint density at radius 1 is 1.45 bits per heavy atom. The van der Waals surface area contributed by atoms with E-state index in [1.165, 1.54) is 11.1 Å². The zero-order chi connectivity index (χ0) is 14.9. The minimum absolute atomic E-state index is 0.0425. The number of thiophene rings is 1. The zero-order valence-corrected chi connectivity index (χ0v) is 13.9. The molecular formula is C12H16ClN3O2S2. The first kappa shape index (κ1) is 15.5. The lowest BCUT2D eigenvalue weighted by molar-refractivity contribution is 0.598. The molecule has 0 saturated carbocycles. The standard InChI is InChI=1S/C12H16ClN3O2S2/c1-4-8-5-9-10(14-7(2)6-20(3,17)18)15-12(13)16-11(9)19-8/h5,7H,4,6H2,1-3H3,(H,14,15,16). The minimum atomic E-state index is -3.04. The molecule has 1 unspecified atom stereocenters. The van der Waals surface area contributed by atoms with Crippen LogP contribution in [0.4, 0.5) is 5.82 Å². The molecule has 2 rings (SSSR count).